The second-order valence-electron chi connectivity index (χ2n) is 2.89. The highest BCUT2D eigenvalue weighted by molar-refractivity contribution is 5.81. The molecule has 0 aromatic carbocycles. The van der Waals surface area contributed by atoms with E-state index in [0.717, 1.165) is 0 Å². The lowest BCUT2D eigenvalue weighted by Crippen LogP contribution is -2.23. The summed E-state index contributed by atoms with van der Waals surface area (Å²) in [5, 5.41) is 2.62. The van der Waals surface area contributed by atoms with Crippen LogP contribution in [0.1, 0.15) is 18.7 Å². The summed E-state index contributed by atoms with van der Waals surface area (Å²) in [5.74, 6) is 0.0985. The summed E-state index contributed by atoms with van der Waals surface area (Å²) in [5.41, 5.74) is 0. The first-order valence-corrected chi connectivity index (χ1v) is 4.54. The van der Waals surface area contributed by atoms with E-state index in [0.29, 0.717) is 12.4 Å². The molecule has 0 spiro atoms. The van der Waals surface area contributed by atoms with E-state index in [4.69, 9.17) is 0 Å². The molecule has 15 heavy (non-hydrogen) atoms. The Bertz CT molecular complexity index is 321. The zero-order chi connectivity index (χ0) is 11.1. The molecule has 1 rings (SSSR count). The Hall–Kier alpha value is -1.85. The minimum absolute atomic E-state index is 0.0977. The third-order valence-corrected chi connectivity index (χ3v) is 1.79. The van der Waals surface area contributed by atoms with E-state index in [9.17, 15) is 9.59 Å². The van der Waals surface area contributed by atoms with Gasteiger partial charge >= 0.3 is 5.97 Å². The summed E-state index contributed by atoms with van der Waals surface area (Å²) in [6.45, 7) is 0.340. The normalized spacial score (nSPS) is 9.67. The maximum Gasteiger partial charge on any atom is 0.306 e. The van der Waals surface area contributed by atoms with E-state index in [1.54, 1.807) is 12.4 Å². The molecule has 1 aromatic heterocycles. The average molecular weight is 211 g/mol. The average Bonchev–Trinajstić information content (AvgIpc) is 2.75. The van der Waals surface area contributed by atoms with Crippen LogP contribution in [0, 0.1) is 0 Å². The zero-order valence-corrected chi connectivity index (χ0v) is 8.45. The minimum Gasteiger partial charge on any atom is -0.469 e. The number of nitrogens with zero attached hydrogens (tertiary/aromatic N) is 1. The molecular weight excluding hydrogens is 198 g/mol. The van der Waals surface area contributed by atoms with Crippen LogP contribution in [-0.4, -0.2) is 29.0 Å². The lowest BCUT2D eigenvalue weighted by atomic mass is 10.3. The van der Waals surface area contributed by atoms with Gasteiger partial charge in [-0.25, -0.2) is 4.98 Å². The summed E-state index contributed by atoms with van der Waals surface area (Å²) in [4.78, 5) is 28.7. The second-order valence-corrected chi connectivity index (χ2v) is 2.89. The number of imidazole rings is 1. The van der Waals surface area contributed by atoms with Gasteiger partial charge < -0.3 is 15.0 Å². The summed E-state index contributed by atoms with van der Waals surface area (Å²) < 4.78 is 4.41. The minimum atomic E-state index is -0.386. The van der Waals surface area contributed by atoms with E-state index < -0.39 is 0 Å². The number of esters is 1. The Balaban J connectivity index is 2.16. The molecule has 1 heterocycles. The number of hydrogen-bond donors (Lipinski definition) is 2. The highest BCUT2D eigenvalue weighted by Gasteiger charge is 2.06. The molecule has 1 aromatic rings. The van der Waals surface area contributed by atoms with Crippen molar-refractivity contribution in [3.63, 3.8) is 0 Å². The zero-order valence-electron chi connectivity index (χ0n) is 8.45. The van der Waals surface area contributed by atoms with Crippen molar-refractivity contribution < 1.29 is 14.3 Å². The van der Waals surface area contributed by atoms with Gasteiger partial charge in [-0.1, -0.05) is 0 Å². The molecule has 6 heteroatoms. The topological polar surface area (TPSA) is 84.1 Å². The SMILES string of the molecule is COC(=O)CCC(=O)NCc1ncc[nH]1. The van der Waals surface area contributed by atoms with Crippen molar-refractivity contribution in [3.05, 3.63) is 18.2 Å². The molecule has 0 unspecified atom stereocenters. The van der Waals surface area contributed by atoms with Crippen LogP contribution in [-0.2, 0) is 20.9 Å². The number of methoxy groups -OCH3 is 1. The Morgan fingerprint density at radius 2 is 2.33 bits per heavy atom. The largest absolute Gasteiger partial charge is 0.469 e. The smallest absolute Gasteiger partial charge is 0.306 e. The molecule has 0 atom stereocenters. The number of carbonyl (C=O) groups excluding carboxylic acids is 2. The predicted octanol–water partition coefficient (Wildman–Crippen LogP) is -0.0209. The van der Waals surface area contributed by atoms with E-state index >= 15 is 0 Å². The molecule has 0 bridgehead atoms. The number of rotatable bonds is 5. The molecule has 6 nitrogen and oxygen atoms in total. The fraction of sp³-hybridized carbons (Fsp3) is 0.444. The lowest BCUT2D eigenvalue weighted by molar-refractivity contribution is -0.142. The van der Waals surface area contributed by atoms with Gasteiger partial charge in [0, 0.05) is 18.8 Å². The Morgan fingerprint density at radius 3 is 2.93 bits per heavy atom. The number of aromatic nitrogens is 2. The van der Waals surface area contributed by atoms with Crippen LogP contribution in [0.15, 0.2) is 12.4 Å². The fourth-order valence-corrected chi connectivity index (χ4v) is 0.983. The molecule has 82 valence electrons. The van der Waals surface area contributed by atoms with Crippen LogP contribution < -0.4 is 5.32 Å². The van der Waals surface area contributed by atoms with Gasteiger partial charge in [-0.05, 0) is 0 Å². The summed E-state index contributed by atoms with van der Waals surface area (Å²) >= 11 is 0. The molecule has 0 fully saturated rings. The van der Waals surface area contributed by atoms with E-state index in [-0.39, 0.29) is 24.7 Å². The van der Waals surface area contributed by atoms with Gasteiger partial charge in [0.25, 0.3) is 0 Å². The van der Waals surface area contributed by atoms with E-state index in [1.807, 2.05) is 0 Å². The maximum absolute atomic E-state index is 11.2. The van der Waals surface area contributed by atoms with Gasteiger partial charge in [0.2, 0.25) is 5.91 Å². The molecule has 0 radical (unpaired) electrons. The van der Waals surface area contributed by atoms with Crippen LogP contribution >= 0.6 is 0 Å². The summed E-state index contributed by atoms with van der Waals surface area (Å²) in [6, 6.07) is 0. The monoisotopic (exact) mass is 211 g/mol. The molecule has 1 amide bonds. The molecule has 0 saturated heterocycles. The maximum atomic E-state index is 11.2. The summed E-state index contributed by atoms with van der Waals surface area (Å²) in [7, 11) is 1.29. The van der Waals surface area contributed by atoms with Gasteiger partial charge in [-0.2, -0.15) is 0 Å². The fourth-order valence-electron chi connectivity index (χ4n) is 0.983. The highest BCUT2D eigenvalue weighted by atomic mass is 16.5. The van der Waals surface area contributed by atoms with Crippen molar-refractivity contribution >= 4 is 11.9 Å². The van der Waals surface area contributed by atoms with Crippen LogP contribution in [0.4, 0.5) is 0 Å². The lowest BCUT2D eigenvalue weighted by Gasteiger charge is -2.02. The Labute approximate surface area is 87.0 Å². The van der Waals surface area contributed by atoms with Crippen LogP contribution in [0.2, 0.25) is 0 Å². The third kappa shape index (κ3) is 4.26. The van der Waals surface area contributed by atoms with Crippen molar-refractivity contribution in [2.75, 3.05) is 7.11 Å². The molecule has 2 N–H and O–H groups in total. The molecule has 0 aliphatic rings. The number of H-pyrrole nitrogens is 1. The van der Waals surface area contributed by atoms with Crippen molar-refractivity contribution in [3.8, 4) is 0 Å². The van der Waals surface area contributed by atoms with Crippen molar-refractivity contribution in [2.45, 2.75) is 19.4 Å². The van der Waals surface area contributed by atoms with Crippen LogP contribution in [0.25, 0.3) is 0 Å². The van der Waals surface area contributed by atoms with Gasteiger partial charge in [-0.15, -0.1) is 0 Å². The van der Waals surface area contributed by atoms with Crippen LogP contribution in [0.3, 0.4) is 0 Å². The number of amides is 1. The molecule has 0 aliphatic carbocycles. The van der Waals surface area contributed by atoms with Crippen LogP contribution in [0.5, 0.6) is 0 Å². The third-order valence-electron chi connectivity index (χ3n) is 1.79. The van der Waals surface area contributed by atoms with Crippen molar-refractivity contribution in [2.24, 2.45) is 0 Å². The van der Waals surface area contributed by atoms with E-state index in [2.05, 4.69) is 20.0 Å². The first-order valence-electron chi connectivity index (χ1n) is 4.54. The summed E-state index contributed by atoms with van der Waals surface area (Å²) in [6.07, 6.45) is 3.51. The Kier molecular flexibility index (Phi) is 4.33. The molecule has 0 aliphatic heterocycles. The van der Waals surface area contributed by atoms with Crippen molar-refractivity contribution in [1.82, 2.24) is 15.3 Å². The second kappa shape index (κ2) is 5.79. The standard InChI is InChI=1S/C9H13N3O3/c1-15-9(14)3-2-8(13)12-6-7-10-4-5-11-7/h4-5H,2-3,6H2,1H3,(H,10,11)(H,12,13). The van der Waals surface area contributed by atoms with Gasteiger partial charge in [-0.3, -0.25) is 9.59 Å². The molecular formula is C9H13N3O3. The van der Waals surface area contributed by atoms with Crippen molar-refractivity contribution in [1.29, 1.82) is 0 Å². The molecule has 0 saturated carbocycles. The number of nitrogens with one attached hydrogen (secondary N) is 2. The quantitative estimate of drug-likeness (QED) is 0.670. The predicted molar refractivity (Wildman–Crippen MR) is 51.7 cm³/mol. The van der Waals surface area contributed by atoms with E-state index in [1.165, 1.54) is 7.11 Å². The number of hydrogen-bond acceptors (Lipinski definition) is 4. The Morgan fingerprint density at radius 1 is 1.53 bits per heavy atom. The number of carbonyl (C=O) groups is 2. The van der Waals surface area contributed by atoms with Gasteiger partial charge in [0.05, 0.1) is 20.1 Å². The first-order chi connectivity index (χ1) is 7.22. The number of ether oxygens (including phenoxy) is 1. The number of aromatic amines is 1. The first kappa shape index (κ1) is 11.2. The highest BCUT2D eigenvalue weighted by Crippen LogP contribution is 1.93. The van der Waals surface area contributed by atoms with Gasteiger partial charge in [0.15, 0.2) is 0 Å². The van der Waals surface area contributed by atoms with Gasteiger partial charge in [0.1, 0.15) is 5.82 Å².